The van der Waals surface area contributed by atoms with Gasteiger partial charge in [0.1, 0.15) is 0 Å². The van der Waals surface area contributed by atoms with E-state index in [4.69, 9.17) is 9.47 Å². The molecule has 0 aliphatic carbocycles. The van der Waals surface area contributed by atoms with Crippen molar-refractivity contribution in [3.05, 3.63) is 18.2 Å². The second-order valence-corrected chi connectivity index (χ2v) is 9.33. The van der Waals surface area contributed by atoms with Gasteiger partial charge in [-0.05, 0) is 43.9 Å². The first kappa shape index (κ1) is 22.0. The molecule has 1 aromatic carbocycles. The summed E-state index contributed by atoms with van der Waals surface area (Å²) in [6.07, 6.45) is 4.32. The van der Waals surface area contributed by atoms with Gasteiger partial charge in [0, 0.05) is 46.3 Å². The van der Waals surface area contributed by atoms with Gasteiger partial charge in [0.05, 0.1) is 29.5 Å². The molecule has 0 bridgehead atoms. The molecule has 8 nitrogen and oxygen atoms in total. The lowest BCUT2D eigenvalue weighted by Crippen LogP contribution is -2.40. The van der Waals surface area contributed by atoms with Gasteiger partial charge in [-0.1, -0.05) is 0 Å². The molecule has 2 fully saturated rings. The average molecular weight is 426 g/mol. The maximum absolute atomic E-state index is 13.1. The molecule has 0 spiro atoms. The summed E-state index contributed by atoms with van der Waals surface area (Å²) in [4.78, 5) is 14.8. The van der Waals surface area contributed by atoms with Gasteiger partial charge in [-0.3, -0.25) is 4.79 Å². The smallest absolute Gasteiger partial charge is 0.243 e. The number of sulfonamides is 1. The second-order valence-electron chi connectivity index (χ2n) is 7.39. The number of anilines is 2. The van der Waals surface area contributed by atoms with Crippen molar-refractivity contribution in [1.82, 2.24) is 4.31 Å². The molecule has 2 aliphatic rings. The minimum Gasteiger partial charge on any atom is -0.385 e. The van der Waals surface area contributed by atoms with E-state index < -0.39 is 10.0 Å². The van der Waals surface area contributed by atoms with E-state index in [-0.39, 0.29) is 10.8 Å². The molecule has 9 heteroatoms. The Hall–Kier alpha value is -1.68. The number of rotatable bonds is 8. The fourth-order valence-electron chi connectivity index (χ4n) is 3.71. The normalized spacial score (nSPS) is 18.6. The summed E-state index contributed by atoms with van der Waals surface area (Å²) < 4.78 is 37.8. The van der Waals surface area contributed by atoms with E-state index in [2.05, 4.69) is 10.2 Å². The van der Waals surface area contributed by atoms with Gasteiger partial charge in [-0.25, -0.2) is 8.42 Å². The van der Waals surface area contributed by atoms with Crippen LogP contribution in [0, 0.1) is 0 Å². The number of methoxy groups -OCH3 is 1. The van der Waals surface area contributed by atoms with Crippen LogP contribution in [0.4, 0.5) is 11.4 Å². The Kier molecular flexibility index (Phi) is 7.88. The number of hydrogen-bond acceptors (Lipinski definition) is 6. The average Bonchev–Trinajstić information content (AvgIpc) is 2.75. The molecule has 1 N–H and O–H groups in total. The van der Waals surface area contributed by atoms with Crippen molar-refractivity contribution in [2.24, 2.45) is 0 Å². The van der Waals surface area contributed by atoms with E-state index in [0.717, 1.165) is 31.6 Å². The van der Waals surface area contributed by atoms with Gasteiger partial charge in [-0.15, -0.1) is 0 Å². The molecular weight excluding hydrogens is 394 g/mol. The number of carbonyl (C=O) groups excluding carboxylic acids is 1. The summed E-state index contributed by atoms with van der Waals surface area (Å²) in [6.45, 7) is 3.80. The van der Waals surface area contributed by atoms with Gasteiger partial charge in [0.15, 0.2) is 0 Å². The minimum absolute atomic E-state index is 0.138. The Morgan fingerprint density at radius 3 is 2.55 bits per heavy atom. The van der Waals surface area contributed by atoms with E-state index in [9.17, 15) is 13.2 Å². The molecule has 0 radical (unpaired) electrons. The first-order chi connectivity index (χ1) is 14.0. The monoisotopic (exact) mass is 425 g/mol. The van der Waals surface area contributed by atoms with Crippen LogP contribution in [-0.4, -0.2) is 71.7 Å². The fraction of sp³-hybridized carbons (Fsp3) is 0.650. The number of ether oxygens (including phenoxy) is 2. The number of nitrogens with zero attached hydrogens (tertiary/aromatic N) is 2. The molecule has 0 unspecified atom stereocenters. The number of benzene rings is 1. The molecule has 29 heavy (non-hydrogen) atoms. The minimum atomic E-state index is -3.63. The number of carbonyl (C=O) groups is 1. The van der Waals surface area contributed by atoms with Crippen molar-refractivity contribution in [1.29, 1.82) is 0 Å². The summed E-state index contributed by atoms with van der Waals surface area (Å²) in [6, 6.07) is 5.07. The fourth-order valence-corrected chi connectivity index (χ4v) is 5.15. The van der Waals surface area contributed by atoms with Crippen LogP contribution in [0.2, 0.25) is 0 Å². The Balaban J connectivity index is 1.86. The third-order valence-corrected chi connectivity index (χ3v) is 7.19. The van der Waals surface area contributed by atoms with Crippen molar-refractivity contribution >= 4 is 27.3 Å². The summed E-state index contributed by atoms with van der Waals surface area (Å²) in [7, 11) is -2.02. The van der Waals surface area contributed by atoms with Crippen LogP contribution in [0.25, 0.3) is 0 Å². The van der Waals surface area contributed by atoms with Crippen molar-refractivity contribution in [2.75, 3.05) is 63.3 Å². The Labute approximate surface area is 173 Å². The lowest BCUT2D eigenvalue weighted by molar-refractivity contribution is -0.116. The van der Waals surface area contributed by atoms with Crippen molar-refractivity contribution < 1.29 is 22.7 Å². The molecule has 2 aliphatic heterocycles. The van der Waals surface area contributed by atoms with E-state index in [1.807, 2.05) is 6.07 Å². The molecule has 0 saturated carbocycles. The predicted octanol–water partition coefficient (Wildman–Crippen LogP) is 2.06. The molecule has 1 aromatic rings. The first-order valence-corrected chi connectivity index (χ1v) is 11.7. The zero-order chi connectivity index (χ0) is 20.7. The van der Waals surface area contributed by atoms with Crippen LogP contribution in [0.5, 0.6) is 0 Å². The summed E-state index contributed by atoms with van der Waals surface area (Å²) in [5.41, 5.74) is 1.44. The Morgan fingerprint density at radius 1 is 1.14 bits per heavy atom. The zero-order valence-corrected chi connectivity index (χ0v) is 17.9. The summed E-state index contributed by atoms with van der Waals surface area (Å²) >= 11 is 0. The standard InChI is InChI=1S/C20H31N3O5S/c1-27-13-5-6-20(24)21-18-16-17(29(25,26)23-11-14-28-15-12-23)7-8-19(18)22-9-3-2-4-10-22/h7-8,16H,2-6,9-15H2,1H3,(H,21,24). The highest BCUT2D eigenvalue weighted by atomic mass is 32.2. The number of amides is 1. The SMILES string of the molecule is COCCCC(=O)Nc1cc(S(=O)(=O)N2CCOCC2)ccc1N1CCCCC1. The molecule has 1 amide bonds. The maximum Gasteiger partial charge on any atom is 0.243 e. The van der Waals surface area contributed by atoms with E-state index in [0.29, 0.717) is 51.4 Å². The molecule has 0 aromatic heterocycles. The van der Waals surface area contributed by atoms with E-state index in [1.54, 1.807) is 19.2 Å². The predicted molar refractivity (Wildman–Crippen MR) is 112 cm³/mol. The summed E-state index contributed by atoms with van der Waals surface area (Å²) in [5, 5.41) is 2.94. The largest absolute Gasteiger partial charge is 0.385 e. The van der Waals surface area contributed by atoms with Gasteiger partial charge >= 0.3 is 0 Å². The van der Waals surface area contributed by atoms with Crippen LogP contribution >= 0.6 is 0 Å². The van der Waals surface area contributed by atoms with Crippen molar-refractivity contribution in [2.45, 2.75) is 37.0 Å². The lowest BCUT2D eigenvalue weighted by Gasteiger charge is -2.31. The highest BCUT2D eigenvalue weighted by Gasteiger charge is 2.28. The third-order valence-electron chi connectivity index (χ3n) is 5.30. The molecule has 162 valence electrons. The summed E-state index contributed by atoms with van der Waals surface area (Å²) in [5.74, 6) is -0.138. The second kappa shape index (κ2) is 10.4. The van der Waals surface area contributed by atoms with Crippen LogP contribution in [0.1, 0.15) is 32.1 Å². The van der Waals surface area contributed by atoms with Crippen molar-refractivity contribution in [3.8, 4) is 0 Å². The first-order valence-electron chi connectivity index (χ1n) is 10.3. The van der Waals surface area contributed by atoms with Gasteiger partial charge < -0.3 is 19.7 Å². The molecule has 0 atom stereocenters. The highest BCUT2D eigenvalue weighted by molar-refractivity contribution is 7.89. The Morgan fingerprint density at radius 2 is 1.86 bits per heavy atom. The van der Waals surface area contributed by atoms with Gasteiger partial charge in [0.2, 0.25) is 15.9 Å². The Bertz CT molecular complexity index is 787. The number of piperidine rings is 1. The molecule has 2 saturated heterocycles. The molecule has 2 heterocycles. The van der Waals surface area contributed by atoms with Gasteiger partial charge in [0.25, 0.3) is 0 Å². The zero-order valence-electron chi connectivity index (χ0n) is 17.1. The highest BCUT2D eigenvalue weighted by Crippen LogP contribution is 2.32. The van der Waals surface area contributed by atoms with Crippen LogP contribution in [-0.2, 0) is 24.3 Å². The molecular formula is C20H31N3O5S. The lowest BCUT2D eigenvalue weighted by atomic mass is 10.1. The maximum atomic E-state index is 13.1. The van der Waals surface area contributed by atoms with Gasteiger partial charge in [-0.2, -0.15) is 4.31 Å². The van der Waals surface area contributed by atoms with E-state index >= 15 is 0 Å². The topological polar surface area (TPSA) is 88.2 Å². The number of hydrogen-bond donors (Lipinski definition) is 1. The third kappa shape index (κ3) is 5.69. The van der Waals surface area contributed by atoms with E-state index in [1.165, 1.54) is 10.7 Å². The quantitative estimate of drug-likeness (QED) is 0.642. The van der Waals surface area contributed by atoms with Crippen LogP contribution in [0.3, 0.4) is 0 Å². The number of morpholine rings is 1. The van der Waals surface area contributed by atoms with Crippen LogP contribution < -0.4 is 10.2 Å². The van der Waals surface area contributed by atoms with Crippen molar-refractivity contribution in [3.63, 3.8) is 0 Å². The number of nitrogens with one attached hydrogen (secondary N) is 1. The van der Waals surface area contributed by atoms with Crippen LogP contribution in [0.15, 0.2) is 23.1 Å². The molecule has 3 rings (SSSR count).